The summed E-state index contributed by atoms with van der Waals surface area (Å²) in [4.78, 5) is 11.9. The van der Waals surface area contributed by atoms with Crippen LogP contribution in [0.15, 0.2) is 18.2 Å². The van der Waals surface area contributed by atoms with Gasteiger partial charge in [0.2, 0.25) is 0 Å². The summed E-state index contributed by atoms with van der Waals surface area (Å²) in [6.07, 6.45) is 2.03. The normalized spacial score (nSPS) is 16.3. The lowest BCUT2D eigenvalue weighted by atomic mass is 10.2. The lowest BCUT2D eigenvalue weighted by Gasteiger charge is -2.14. The van der Waals surface area contributed by atoms with Crippen LogP contribution in [0.25, 0.3) is 0 Å². The third-order valence-electron chi connectivity index (χ3n) is 3.17. The number of amides is 1. The SMILES string of the molecule is Cc1ccc(N)cc1NC(=O)C(C)OCC1CC1. The second kappa shape index (κ2) is 5.40. The molecule has 0 aromatic heterocycles. The molecule has 0 radical (unpaired) electrons. The van der Waals surface area contributed by atoms with Gasteiger partial charge in [-0.05, 0) is 50.3 Å². The fraction of sp³-hybridized carbons (Fsp3) is 0.500. The van der Waals surface area contributed by atoms with E-state index >= 15 is 0 Å². The van der Waals surface area contributed by atoms with Crippen molar-refractivity contribution < 1.29 is 9.53 Å². The molecule has 98 valence electrons. The number of rotatable bonds is 5. The highest BCUT2D eigenvalue weighted by molar-refractivity contribution is 5.95. The molecule has 0 saturated heterocycles. The number of nitrogens with two attached hydrogens (primary N) is 1. The predicted molar refractivity (Wildman–Crippen MR) is 72.4 cm³/mol. The number of nitrogen functional groups attached to an aromatic ring is 1. The van der Waals surface area contributed by atoms with Crippen LogP contribution >= 0.6 is 0 Å². The largest absolute Gasteiger partial charge is 0.399 e. The smallest absolute Gasteiger partial charge is 0.253 e. The van der Waals surface area contributed by atoms with Gasteiger partial charge in [0.15, 0.2) is 0 Å². The quantitative estimate of drug-likeness (QED) is 0.786. The Balaban J connectivity index is 1.90. The van der Waals surface area contributed by atoms with Crippen LogP contribution in [0.5, 0.6) is 0 Å². The maximum atomic E-state index is 11.9. The molecule has 3 N–H and O–H groups in total. The second-order valence-corrected chi connectivity index (χ2v) is 4.98. The number of carbonyl (C=O) groups excluding carboxylic acids is 1. The lowest BCUT2D eigenvalue weighted by Crippen LogP contribution is -2.28. The molecule has 1 unspecified atom stereocenters. The molecule has 0 spiro atoms. The van der Waals surface area contributed by atoms with Crippen LogP contribution in [0, 0.1) is 12.8 Å². The van der Waals surface area contributed by atoms with Crippen molar-refractivity contribution in [3.63, 3.8) is 0 Å². The van der Waals surface area contributed by atoms with Gasteiger partial charge in [0, 0.05) is 11.4 Å². The van der Waals surface area contributed by atoms with Gasteiger partial charge in [0.25, 0.3) is 5.91 Å². The Bertz CT molecular complexity index is 441. The molecular formula is C14H20N2O2. The molecule has 1 aliphatic carbocycles. The number of anilines is 2. The molecule has 1 fully saturated rings. The molecule has 1 amide bonds. The zero-order chi connectivity index (χ0) is 13.1. The second-order valence-electron chi connectivity index (χ2n) is 4.98. The predicted octanol–water partition coefficient (Wildman–Crippen LogP) is 2.33. The van der Waals surface area contributed by atoms with Crippen molar-refractivity contribution in [2.75, 3.05) is 17.7 Å². The molecule has 1 aromatic rings. The Labute approximate surface area is 108 Å². The van der Waals surface area contributed by atoms with Crippen LogP contribution in [0.2, 0.25) is 0 Å². The molecule has 0 aliphatic heterocycles. The van der Waals surface area contributed by atoms with Crippen molar-refractivity contribution in [1.29, 1.82) is 0 Å². The highest BCUT2D eigenvalue weighted by atomic mass is 16.5. The van der Waals surface area contributed by atoms with Crippen molar-refractivity contribution in [2.45, 2.75) is 32.8 Å². The number of hydrogen-bond acceptors (Lipinski definition) is 3. The van der Waals surface area contributed by atoms with Gasteiger partial charge in [-0.1, -0.05) is 6.07 Å². The van der Waals surface area contributed by atoms with Gasteiger partial charge < -0.3 is 15.8 Å². The first-order valence-electron chi connectivity index (χ1n) is 6.35. The van der Waals surface area contributed by atoms with Gasteiger partial charge in [-0.3, -0.25) is 4.79 Å². The topological polar surface area (TPSA) is 64.3 Å². The van der Waals surface area contributed by atoms with Crippen molar-refractivity contribution in [3.05, 3.63) is 23.8 Å². The summed E-state index contributed by atoms with van der Waals surface area (Å²) in [6, 6.07) is 5.47. The number of benzene rings is 1. The van der Waals surface area contributed by atoms with Crippen molar-refractivity contribution >= 4 is 17.3 Å². The Kier molecular flexibility index (Phi) is 3.87. The summed E-state index contributed by atoms with van der Waals surface area (Å²) in [5.74, 6) is 0.540. The minimum atomic E-state index is -0.425. The minimum Gasteiger partial charge on any atom is -0.399 e. The fourth-order valence-corrected chi connectivity index (χ4v) is 1.65. The number of carbonyl (C=O) groups is 1. The number of nitrogens with one attached hydrogen (secondary N) is 1. The number of ether oxygens (including phenoxy) is 1. The summed E-state index contributed by atoms with van der Waals surface area (Å²) in [6.45, 7) is 4.40. The van der Waals surface area contributed by atoms with E-state index < -0.39 is 6.10 Å². The van der Waals surface area contributed by atoms with Crippen molar-refractivity contribution in [1.82, 2.24) is 0 Å². The third kappa shape index (κ3) is 3.47. The third-order valence-corrected chi connectivity index (χ3v) is 3.17. The average molecular weight is 248 g/mol. The molecule has 18 heavy (non-hydrogen) atoms. The Morgan fingerprint density at radius 2 is 2.28 bits per heavy atom. The van der Waals surface area contributed by atoms with Crippen LogP contribution in [0.3, 0.4) is 0 Å². The molecule has 1 aliphatic rings. The maximum absolute atomic E-state index is 11.9. The molecule has 1 saturated carbocycles. The van der Waals surface area contributed by atoms with Gasteiger partial charge in [-0.2, -0.15) is 0 Å². The standard InChI is InChI=1S/C14H20N2O2/c1-9-3-6-12(15)7-13(9)16-14(17)10(2)18-8-11-4-5-11/h3,6-7,10-11H,4-5,8,15H2,1-2H3,(H,16,17). The Hall–Kier alpha value is -1.55. The summed E-state index contributed by atoms with van der Waals surface area (Å²) in [5, 5.41) is 2.85. The molecule has 1 aromatic carbocycles. The first-order chi connectivity index (χ1) is 8.56. The van der Waals surface area contributed by atoms with E-state index in [4.69, 9.17) is 10.5 Å². The summed E-state index contributed by atoms with van der Waals surface area (Å²) in [5.41, 5.74) is 8.09. The average Bonchev–Trinajstić information content (AvgIpc) is 3.14. The van der Waals surface area contributed by atoms with Gasteiger partial charge in [0.1, 0.15) is 6.10 Å². The summed E-state index contributed by atoms with van der Waals surface area (Å²) in [7, 11) is 0. The fourth-order valence-electron chi connectivity index (χ4n) is 1.65. The minimum absolute atomic E-state index is 0.121. The van der Waals surface area contributed by atoms with E-state index in [9.17, 15) is 4.79 Å². The van der Waals surface area contributed by atoms with Crippen LogP contribution in [0.1, 0.15) is 25.3 Å². The molecule has 1 atom stereocenters. The zero-order valence-electron chi connectivity index (χ0n) is 10.9. The van der Waals surface area contributed by atoms with Crippen LogP contribution in [-0.4, -0.2) is 18.6 Å². The van der Waals surface area contributed by atoms with E-state index in [2.05, 4.69) is 5.32 Å². The monoisotopic (exact) mass is 248 g/mol. The Morgan fingerprint density at radius 3 is 2.94 bits per heavy atom. The van der Waals surface area contributed by atoms with Crippen LogP contribution < -0.4 is 11.1 Å². The van der Waals surface area contributed by atoms with Gasteiger partial charge >= 0.3 is 0 Å². The summed E-state index contributed by atoms with van der Waals surface area (Å²) >= 11 is 0. The maximum Gasteiger partial charge on any atom is 0.253 e. The molecule has 2 rings (SSSR count). The molecule has 0 heterocycles. The van der Waals surface area contributed by atoms with E-state index in [0.29, 0.717) is 18.2 Å². The number of hydrogen-bond donors (Lipinski definition) is 2. The van der Waals surface area contributed by atoms with E-state index in [1.807, 2.05) is 19.1 Å². The van der Waals surface area contributed by atoms with Crippen LogP contribution in [0.4, 0.5) is 11.4 Å². The first-order valence-corrected chi connectivity index (χ1v) is 6.35. The molecule has 4 nitrogen and oxygen atoms in total. The lowest BCUT2D eigenvalue weighted by molar-refractivity contribution is -0.126. The molecular weight excluding hydrogens is 228 g/mol. The van der Waals surface area contributed by atoms with Crippen molar-refractivity contribution in [3.8, 4) is 0 Å². The molecule has 4 heteroatoms. The Morgan fingerprint density at radius 1 is 1.56 bits per heavy atom. The first kappa shape index (κ1) is 12.9. The van der Waals surface area contributed by atoms with E-state index in [0.717, 1.165) is 11.3 Å². The van der Waals surface area contributed by atoms with E-state index in [-0.39, 0.29) is 5.91 Å². The highest BCUT2D eigenvalue weighted by Gasteiger charge is 2.24. The van der Waals surface area contributed by atoms with E-state index in [1.165, 1.54) is 12.8 Å². The number of aryl methyl sites for hydroxylation is 1. The van der Waals surface area contributed by atoms with Crippen LogP contribution in [-0.2, 0) is 9.53 Å². The highest BCUT2D eigenvalue weighted by Crippen LogP contribution is 2.29. The summed E-state index contributed by atoms with van der Waals surface area (Å²) < 4.78 is 5.53. The molecule has 0 bridgehead atoms. The van der Waals surface area contributed by atoms with Gasteiger partial charge in [-0.25, -0.2) is 0 Å². The van der Waals surface area contributed by atoms with Crippen molar-refractivity contribution in [2.24, 2.45) is 5.92 Å². The zero-order valence-corrected chi connectivity index (χ0v) is 10.9. The van der Waals surface area contributed by atoms with Gasteiger partial charge in [-0.15, -0.1) is 0 Å². The van der Waals surface area contributed by atoms with E-state index in [1.54, 1.807) is 13.0 Å². The van der Waals surface area contributed by atoms with Gasteiger partial charge in [0.05, 0.1) is 6.61 Å².